The Bertz CT molecular complexity index is 926. The van der Waals surface area contributed by atoms with Gasteiger partial charge in [0.15, 0.2) is 0 Å². The molecule has 3 aliphatic rings. The number of hydrogen-bond acceptors (Lipinski definition) is 4. The lowest BCUT2D eigenvalue weighted by atomic mass is 9.74. The summed E-state index contributed by atoms with van der Waals surface area (Å²) < 4.78 is 25.1. The average Bonchev–Trinajstić information content (AvgIpc) is 3.17. The highest BCUT2D eigenvalue weighted by Crippen LogP contribution is 2.43. The number of nitrogens with zero attached hydrogens (tertiary/aromatic N) is 2. The van der Waals surface area contributed by atoms with E-state index in [0.29, 0.717) is 0 Å². The van der Waals surface area contributed by atoms with Crippen LogP contribution in [0.4, 0.5) is 0 Å². The minimum atomic E-state index is -3.43. The fraction of sp³-hybridized carbons (Fsp3) is 0.591. The first-order chi connectivity index (χ1) is 13.9. The third kappa shape index (κ3) is 4.07. The standard InChI is InChI=1S/C22H28N2O4S/c1-29(27,28)23-13-19-22(20(15-25)24(19)21(26)14-23)18-11-9-17(10-12-18)8-4-7-16-5-2-3-6-16/h9-12,16,19-20,22,25H,2-3,5-7,13-15H2,1H3/t19-,20-,22+/m0/s1. The third-order valence-corrected chi connectivity index (χ3v) is 7.80. The molecule has 29 heavy (non-hydrogen) atoms. The first-order valence-corrected chi connectivity index (χ1v) is 12.2. The van der Waals surface area contributed by atoms with Crippen LogP contribution < -0.4 is 0 Å². The molecule has 156 valence electrons. The van der Waals surface area contributed by atoms with Crippen LogP contribution in [0.15, 0.2) is 24.3 Å². The van der Waals surface area contributed by atoms with Crippen LogP contribution in [0.2, 0.25) is 0 Å². The molecule has 4 rings (SSSR count). The van der Waals surface area contributed by atoms with E-state index >= 15 is 0 Å². The van der Waals surface area contributed by atoms with Gasteiger partial charge in [-0.1, -0.05) is 36.8 Å². The fourth-order valence-corrected chi connectivity index (χ4v) is 5.79. The summed E-state index contributed by atoms with van der Waals surface area (Å²) in [4.78, 5) is 14.1. The highest BCUT2D eigenvalue weighted by Gasteiger charge is 2.54. The third-order valence-electron chi connectivity index (χ3n) is 6.58. The number of fused-ring (bicyclic) bond motifs is 1. The van der Waals surface area contributed by atoms with E-state index in [9.17, 15) is 18.3 Å². The second-order valence-corrected chi connectivity index (χ2v) is 10.5. The van der Waals surface area contributed by atoms with Crippen molar-refractivity contribution in [3.05, 3.63) is 35.4 Å². The molecule has 1 amide bonds. The molecule has 1 aromatic rings. The summed E-state index contributed by atoms with van der Waals surface area (Å²) in [6.07, 6.45) is 7.32. The number of sulfonamides is 1. The van der Waals surface area contributed by atoms with E-state index in [-0.39, 0.29) is 43.6 Å². The molecule has 0 radical (unpaired) electrons. The van der Waals surface area contributed by atoms with Crippen molar-refractivity contribution >= 4 is 15.9 Å². The van der Waals surface area contributed by atoms with Gasteiger partial charge in [-0.3, -0.25) is 4.79 Å². The van der Waals surface area contributed by atoms with E-state index < -0.39 is 10.0 Å². The Balaban J connectivity index is 1.48. The molecule has 3 atom stereocenters. The fourth-order valence-electron chi connectivity index (χ4n) is 5.02. The maximum Gasteiger partial charge on any atom is 0.238 e. The summed E-state index contributed by atoms with van der Waals surface area (Å²) in [5.74, 6) is 6.97. The predicted octanol–water partition coefficient (Wildman–Crippen LogP) is 1.55. The number of benzene rings is 1. The second-order valence-electron chi connectivity index (χ2n) is 8.48. The molecule has 1 aromatic carbocycles. The van der Waals surface area contributed by atoms with Crippen LogP contribution in [0, 0.1) is 17.8 Å². The molecule has 0 aromatic heterocycles. The van der Waals surface area contributed by atoms with Crippen molar-refractivity contribution < 1.29 is 18.3 Å². The van der Waals surface area contributed by atoms with Crippen LogP contribution in [0.1, 0.15) is 49.1 Å². The minimum absolute atomic E-state index is 0.0750. The van der Waals surface area contributed by atoms with Gasteiger partial charge in [0.2, 0.25) is 15.9 Å². The van der Waals surface area contributed by atoms with Crippen LogP contribution >= 0.6 is 0 Å². The molecule has 7 heteroatoms. The molecule has 0 unspecified atom stereocenters. The van der Waals surface area contributed by atoms with E-state index in [0.717, 1.165) is 29.7 Å². The number of rotatable bonds is 4. The van der Waals surface area contributed by atoms with E-state index in [4.69, 9.17) is 0 Å². The summed E-state index contributed by atoms with van der Waals surface area (Å²) in [5, 5.41) is 9.83. The Kier molecular flexibility index (Phi) is 5.69. The molecule has 3 fully saturated rings. The highest BCUT2D eigenvalue weighted by molar-refractivity contribution is 7.88. The lowest BCUT2D eigenvalue weighted by molar-refractivity contribution is -0.158. The monoisotopic (exact) mass is 416 g/mol. The smallest absolute Gasteiger partial charge is 0.238 e. The SMILES string of the molecule is CS(=O)(=O)N1CC(=O)N2[C@@H](CO)[C@H](c3ccc(C#CCC4CCCC4)cc3)[C@@H]2C1. The number of amides is 1. The molecule has 0 spiro atoms. The largest absolute Gasteiger partial charge is 0.394 e. The van der Waals surface area contributed by atoms with Gasteiger partial charge >= 0.3 is 0 Å². The Hall–Kier alpha value is -1.88. The summed E-state index contributed by atoms with van der Waals surface area (Å²) >= 11 is 0. The summed E-state index contributed by atoms with van der Waals surface area (Å²) in [7, 11) is -3.43. The molecule has 1 N–H and O–H groups in total. The van der Waals surface area contributed by atoms with Crippen LogP contribution in [-0.2, 0) is 14.8 Å². The lowest BCUT2D eigenvalue weighted by Gasteiger charge is -2.58. The van der Waals surface area contributed by atoms with Gasteiger partial charge in [0.1, 0.15) is 0 Å². The van der Waals surface area contributed by atoms with Gasteiger partial charge in [-0.2, -0.15) is 4.31 Å². The maximum atomic E-state index is 12.4. The molecule has 0 bridgehead atoms. The summed E-state index contributed by atoms with van der Waals surface area (Å²) in [6.45, 7) is -0.00249. The molecule has 2 aliphatic heterocycles. The zero-order valence-electron chi connectivity index (χ0n) is 16.8. The van der Waals surface area contributed by atoms with Crippen molar-refractivity contribution in [3.8, 4) is 11.8 Å². The Morgan fingerprint density at radius 3 is 2.48 bits per heavy atom. The van der Waals surface area contributed by atoms with Gasteiger partial charge in [-0.05, 0) is 36.5 Å². The molecule has 6 nitrogen and oxygen atoms in total. The van der Waals surface area contributed by atoms with Gasteiger partial charge in [0.05, 0.1) is 31.5 Å². The molecule has 1 aliphatic carbocycles. The molecule has 2 heterocycles. The second kappa shape index (κ2) is 8.10. The Morgan fingerprint density at radius 1 is 1.17 bits per heavy atom. The summed E-state index contributed by atoms with van der Waals surface area (Å²) in [6, 6.07) is 7.42. The van der Waals surface area contributed by atoms with Crippen molar-refractivity contribution in [3.63, 3.8) is 0 Å². The van der Waals surface area contributed by atoms with Crippen molar-refractivity contribution in [1.82, 2.24) is 9.21 Å². The molecular weight excluding hydrogens is 388 g/mol. The highest BCUT2D eigenvalue weighted by atomic mass is 32.2. The van der Waals surface area contributed by atoms with Gasteiger partial charge < -0.3 is 10.0 Å². The molecule has 1 saturated carbocycles. The summed E-state index contributed by atoms with van der Waals surface area (Å²) in [5.41, 5.74) is 1.97. The van der Waals surface area contributed by atoms with Crippen molar-refractivity contribution in [2.24, 2.45) is 5.92 Å². The molecular formula is C22H28N2O4S. The number of hydrogen-bond donors (Lipinski definition) is 1. The van der Waals surface area contributed by atoms with Crippen molar-refractivity contribution in [2.75, 3.05) is 26.0 Å². The zero-order chi connectivity index (χ0) is 20.6. The Labute approximate surface area is 172 Å². The number of carbonyl (C=O) groups is 1. The predicted molar refractivity (Wildman–Crippen MR) is 111 cm³/mol. The van der Waals surface area contributed by atoms with Crippen LogP contribution in [-0.4, -0.2) is 66.7 Å². The number of carbonyl (C=O) groups excluding carboxylic acids is 1. The van der Waals surface area contributed by atoms with E-state index in [2.05, 4.69) is 11.8 Å². The maximum absolute atomic E-state index is 12.4. The number of aliphatic hydroxyl groups is 1. The quantitative estimate of drug-likeness (QED) is 0.756. The van der Waals surface area contributed by atoms with E-state index in [1.165, 1.54) is 30.0 Å². The van der Waals surface area contributed by atoms with Crippen LogP contribution in [0.25, 0.3) is 0 Å². The van der Waals surface area contributed by atoms with Gasteiger partial charge in [-0.25, -0.2) is 8.42 Å². The minimum Gasteiger partial charge on any atom is -0.394 e. The zero-order valence-corrected chi connectivity index (χ0v) is 17.6. The Morgan fingerprint density at radius 2 is 1.86 bits per heavy atom. The first kappa shape index (κ1) is 20.4. The normalized spacial score (nSPS) is 27.9. The first-order valence-electron chi connectivity index (χ1n) is 10.3. The van der Waals surface area contributed by atoms with Gasteiger partial charge in [0, 0.05) is 24.4 Å². The lowest BCUT2D eigenvalue weighted by Crippen LogP contribution is -2.73. The topological polar surface area (TPSA) is 77.9 Å². The van der Waals surface area contributed by atoms with E-state index in [1.54, 1.807) is 4.90 Å². The van der Waals surface area contributed by atoms with Crippen LogP contribution in [0.3, 0.4) is 0 Å². The van der Waals surface area contributed by atoms with Gasteiger partial charge in [0.25, 0.3) is 0 Å². The van der Waals surface area contributed by atoms with Crippen molar-refractivity contribution in [1.29, 1.82) is 0 Å². The average molecular weight is 417 g/mol. The van der Waals surface area contributed by atoms with Gasteiger partial charge in [-0.15, -0.1) is 0 Å². The number of piperazine rings is 1. The molecule has 2 saturated heterocycles. The van der Waals surface area contributed by atoms with Crippen LogP contribution in [0.5, 0.6) is 0 Å². The van der Waals surface area contributed by atoms with E-state index in [1.807, 2.05) is 24.3 Å². The van der Waals surface area contributed by atoms with Crippen molar-refractivity contribution in [2.45, 2.75) is 50.1 Å². The number of aliphatic hydroxyl groups excluding tert-OH is 1.